The lowest BCUT2D eigenvalue weighted by Gasteiger charge is -2.33. The molecule has 0 aliphatic heterocycles. The van der Waals surface area contributed by atoms with Crippen molar-refractivity contribution in [3.05, 3.63) is 117 Å². The van der Waals surface area contributed by atoms with Crippen LogP contribution in [0.1, 0.15) is 68.0 Å². The van der Waals surface area contributed by atoms with Crippen molar-refractivity contribution in [2.45, 2.75) is 69.7 Å². The van der Waals surface area contributed by atoms with Gasteiger partial charge in [-0.3, -0.25) is 9.59 Å². The second kappa shape index (κ2) is 15.5. The Morgan fingerprint density at radius 2 is 1.62 bits per heavy atom. The predicted molar refractivity (Wildman–Crippen MR) is 181 cm³/mol. The Bertz CT molecular complexity index is 2010. The van der Waals surface area contributed by atoms with Crippen molar-refractivity contribution >= 4 is 17.7 Å². The van der Waals surface area contributed by atoms with Gasteiger partial charge in [0.1, 0.15) is 12.4 Å². The standard InChI is InChI=1S/C37H40F4N4O2S/c1-4-43(5-2)21-22-44(25(3)27-11-13-28(14-12-27)29-15-17-30(18-16-29)37(39,40)41)34(46)23-45-33-8-6-7-32(33)35(47)42-36(45)48-24-26-9-19-31(38)20-10-26/h9-20,25H,4-8,21-24H2,1-3H3/i9D,10D,19D,20D,25D. The zero-order valence-electron chi connectivity index (χ0n) is 32.0. The quantitative estimate of drug-likeness (QED) is 0.0818. The minimum absolute atomic E-state index is 0.0710. The van der Waals surface area contributed by atoms with Crippen molar-refractivity contribution in [3.8, 4) is 11.1 Å². The van der Waals surface area contributed by atoms with Crippen LogP contribution in [0.2, 0.25) is 0 Å². The number of hydrogen-bond acceptors (Lipinski definition) is 5. The minimum Gasteiger partial charge on any atom is -0.333 e. The van der Waals surface area contributed by atoms with Gasteiger partial charge in [0, 0.05) is 30.1 Å². The lowest BCUT2D eigenvalue weighted by Crippen LogP contribution is -2.42. The van der Waals surface area contributed by atoms with Crippen LogP contribution in [0.4, 0.5) is 17.6 Å². The number of carbonyl (C=O) groups excluding carboxylic acids is 1. The van der Waals surface area contributed by atoms with Gasteiger partial charge in [-0.05, 0) is 85.7 Å². The van der Waals surface area contributed by atoms with E-state index >= 15 is 0 Å². The van der Waals surface area contributed by atoms with Crippen LogP contribution in [0.25, 0.3) is 11.1 Å². The summed E-state index contributed by atoms with van der Waals surface area (Å²) in [6.45, 7) is 7.37. The molecule has 0 saturated heterocycles. The number of thioether (sulfide) groups is 1. The molecule has 0 N–H and O–H groups in total. The summed E-state index contributed by atoms with van der Waals surface area (Å²) in [6, 6.07) is 7.25. The number of amides is 1. The van der Waals surface area contributed by atoms with Crippen LogP contribution >= 0.6 is 11.8 Å². The molecule has 1 aliphatic carbocycles. The van der Waals surface area contributed by atoms with Crippen LogP contribution in [-0.2, 0) is 36.1 Å². The molecular weight excluding hydrogens is 640 g/mol. The highest BCUT2D eigenvalue weighted by atomic mass is 32.2. The smallest absolute Gasteiger partial charge is 0.333 e. The van der Waals surface area contributed by atoms with Gasteiger partial charge in [-0.25, -0.2) is 4.39 Å². The lowest BCUT2D eigenvalue weighted by molar-refractivity contribution is -0.137. The Morgan fingerprint density at radius 1 is 1.00 bits per heavy atom. The number of halogens is 4. The number of benzene rings is 3. The van der Waals surface area contributed by atoms with Crippen molar-refractivity contribution in [1.82, 2.24) is 19.4 Å². The summed E-state index contributed by atoms with van der Waals surface area (Å²) in [7, 11) is 0. The summed E-state index contributed by atoms with van der Waals surface area (Å²) in [5, 5.41) is 0.126. The number of nitrogens with zero attached hydrogens (tertiary/aromatic N) is 4. The number of aromatic nitrogens is 2. The molecule has 0 fully saturated rings. The third-order valence-corrected chi connectivity index (χ3v) is 9.58. The Labute approximate surface area is 289 Å². The second-order valence-electron chi connectivity index (χ2n) is 11.5. The molecule has 4 aromatic rings. The van der Waals surface area contributed by atoms with E-state index in [0.29, 0.717) is 66.8 Å². The molecule has 1 atom stereocenters. The summed E-state index contributed by atoms with van der Waals surface area (Å²) in [4.78, 5) is 35.4. The van der Waals surface area contributed by atoms with E-state index in [-0.39, 0.29) is 29.6 Å². The molecule has 11 heteroatoms. The van der Waals surface area contributed by atoms with Gasteiger partial charge in [-0.1, -0.05) is 74.1 Å². The molecule has 1 aromatic heterocycles. The highest BCUT2D eigenvalue weighted by Gasteiger charge is 2.30. The maximum atomic E-state index is 14.5. The van der Waals surface area contributed by atoms with Gasteiger partial charge in [-0.2, -0.15) is 18.2 Å². The van der Waals surface area contributed by atoms with Crippen molar-refractivity contribution < 1.29 is 29.2 Å². The first kappa shape index (κ1) is 29.0. The van der Waals surface area contributed by atoms with Gasteiger partial charge in [0.25, 0.3) is 5.56 Å². The molecule has 1 heterocycles. The monoisotopic (exact) mass is 685 g/mol. The van der Waals surface area contributed by atoms with Crippen LogP contribution in [0, 0.1) is 5.82 Å². The topological polar surface area (TPSA) is 58.4 Å². The number of carbonyl (C=O) groups is 1. The molecular formula is C37H40F4N4O2S. The second-order valence-corrected chi connectivity index (χ2v) is 12.4. The van der Waals surface area contributed by atoms with E-state index in [2.05, 4.69) is 9.88 Å². The van der Waals surface area contributed by atoms with Crippen LogP contribution < -0.4 is 5.56 Å². The van der Waals surface area contributed by atoms with E-state index < -0.39 is 59.2 Å². The molecule has 5 rings (SSSR count). The molecule has 0 bridgehead atoms. The molecule has 1 unspecified atom stereocenters. The van der Waals surface area contributed by atoms with E-state index in [1.807, 2.05) is 13.8 Å². The fourth-order valence-corrected chi connectivity index (χ4v) is 6.68. The lowest BCUT2D eigenvalue weighted by atomic mass is 9.99. The van der Waals surface area contributed by atoms with E-state index in [0.717, 1.165) is 23.9 Å². The molecule has 0 radical (unpaired) electrons. The maximum Gasteiger partial charge on any atom is 0.416 e. The molecule has 0 spiro atoms. The van der Waals surface area contributed by atoms with Crippen molar-refractivity contribution in [2.75, 3.05) is 26.2 Å². The third-order valence-electron chi connectivity index (χ3n) is 8.57. The number of alkyl halides is 3. The van der Waals surface area contributed by atoms with Gasteiger partial charge in [-0.15, -0.1) is 0 Å². The minimum atomic E-state index is -4.46. The van der Waals surface area contributed by atoms with E-state index in [1.54, 1.807) is 35.8 Å². The molecule has 1 amide bonds. The number of fused-ring (bicyclic) bond motifs is 1. The van der Waals surface area contributed by atoms with Gasteiger partial charge < -0.3 is 14.4 Å². The Hall–Kier alpha value is -3.96. The maximum absolute atomic E-state index is 14.5. The van der Waals surface area contributed by atoms with Crippen LogP contribution in [-0.4, -0.2) is 51.4 Å². The van der Waals surface area contributed by atoms with Crippen molar-refractivity contribution in [3.63, 3.8) is 0 Å². The Kier molecular flexibility index (Phi) is 9.37. The predicted octanol–water partition coefficient (Wildman–Crippen LogP) is 7.78. The molecule has 48 heavy (non-hydrogen) atoms. The van der Waals surface area contributed by atoms with Crippen LogP contribution in [0.3, 0.4) is 0 Å². The normalized spacial score (nSPS) is 15.6. The average Bonchev–Trinajstić information content (AvgIpc) is 3.64. The van der Waals surface area contributed by atoms with E-state index in [1.165, 1.54) is 17.0 Å². The first-order chi connectivity index (χ1) is 25.0. The number of rotatable bonds is 13. The average molecular weight is 686 g/mol. The number of hydrogen-bond donors (Lipinski definition) is 0. The first-order valence-electron chi connectivity index (χ1n) is 18.3. The summed E-state index contributed by atoms with van der Waals surface area (Å²) >= 11 is 0.951. The highest BCUT2D eigenvalue weighted by Crippen LogP contribution is 2.32. The van der Waals surface area contributed by atoms with Gasteiger partial charge >= 0.3 is 6.18 Å². The van der Waals surface area contributed by atoms with Crippen molar-refractivity contribution in [1.29, 1.82) is 0 Å². The summed E-state index contributed by atoms with van der Waals surface area (Å²) < 4.78 is 97.0. The summed E-state index contributed by atoms with van der Waals surface area (Å²) in [6.07, 6.45) is -2.82. The molecule has 1 aliphatic rings. The Balaban J connectivity index is 1.48. The highest BCUT2D eigenvalue weighted by molar-refractivity contribution is 7.98. The molecule has 0 saturated carbocycles. The largest absolute Gasteiger partial charge is 0.416 e. The number of likely N-dealkylation sites (N-methyl/N-ethyl adjacent to an activating group) is 1. The van der Waals surface area contributed by atoms with E-state index in [4.69, 9.17) is 5.48 Å². The summed E-state index contributed by atoms with van der Waals surface area (Å²) in [5.41, 5.74) is 1.48. The zero-order valence-corrected chi connectivity index (χ0v) is 27.8. The zero-order chi connectivity index (χ0) is 38.8. The van der Waals surface area contributed by atoms with Gasteiger partial charge in [0.15, 0.2) is 5.16 Å². The summed E-state index contributed by atoms with van der Waals surface area (Å²) in [5.74, 6) is -1.87. The fraction of sp³-hybridized carbons (Fsp3) is 0.378. The third kappa shape index (κ3) is 8.36. The van der Waals surface area contributed by atoms with E-state index in [9.17, 15) is 28.5 Å². The van der Waals surface area contributed by atoms with Crippen molar-refractivity contribution in [2.24, 2.45) is 0 Å². The van der Waals surface area contributed by atoms with Crippen LogP contribution in [0.15, 0.2) is 82.7 Å². The Morgan fingerprint density at radius 3 is 2.23 bits per heavy atom. The molecule has 6 nitrogen and oxygen atoms in total. The fourth-order valence-electron chi connectivity index (χ4n) is 5.78. The SMILES string of the molecule is [2H]c1c([2H])c(CSc2nc(=O)c3c(n2CC(=O)N(CCN(CC)CC)C([2H])(C)c2ccc(-c4ccc(C(F)(F)F)cc4)cc2)CCC3)c([2H])c([2H])c1F. The van der Waals surface area contributed by atoms with Gasteiger partial charge in [0.2, 0.25) is 5.91 Å². The van der Waals surface area contributed by atoms with Gasteiger partial charge in [0.05, 0.1) is 18.4 Å². The molecule has 3 aromatic carbocycles. The molecule has 254 valence electrons. The van der Waals surface area contributed by atoms with Crippen LogP contribution in [0.5, 0.6) is 0 Å². The first-order valence-corrected chi connectivity index (χ1v) is 16.8.